The van der Waals surface area contributed by atoms with Crippen molar-refractivity contribution in [3.63, 3.8) is 0 Å². The van der Waals surface area contributed by atoms with Crippen LogP contribution < -0.4 is 0 Å². The van der Waals surface area contributed by atoms with Crippen LogP contribution in [0, 0.1) is 35.5 Å². The first-order valence-electron chi connectivity index (χ1n) is 9.33. The number of esters is 1. The molecule has 0 radical (unpaired) electrons. The molecule has 1 saturated heterocycles. The molecule has 0 N–H and O–H groups in total. The zero-order valence-corrected chi connectivity index (χ0v) is 14.6. The number of Topliss-reactive ketones (excluding diaryl/α,β-unsaturated/α-hetero) is 1. The van der Waals surface area contributed by atoms with Gasteiger partial charge in [0, 0.05) is 5.56 Å². The number of likely N-dealkylation sites (tertiary alicyclic amines) is 1. The second kappa shape index (κ2) is 5.87. The number of hydrogen-bond acceptors (Lipinski definition) is 5. The molecule has 0 unspecified atom stereocenters. The summed E-state index contributed by atoms with van der Waals surface area (Å²) in [5, 5.41) is 0. The van der Waals surface area contributed by atoms with Crippen LogP contribution in [0.3, 0.4) is 0 Å². The molecule has 6 heteroatoms. The summed E-state index contributed by atoms with van der Waals surface area (Å²) in [6, 6.07) is 8.53. The molecule has 4 aliphatic carbocycles. The number of benzene rings is 1. The van der Waals surface area contributed by atoms with Gasteiger partial charge in [-0.05, 0) is 30.1 Å². The molecule has 2 saturated carbocycles. The molecule has 0 spiro atoms. The van der Waals surface area contributed by atoms with Crippen molar-refractivity contribution in [2.75, 3.05) is 13.2 Å². The fraction of sp³-hybridized carbons (Fsp3) is 0.429. The van der Waals surface area contributed by atoms with E-state index in [0.717, 1.165) is 11.3 Å². The Morgan fingerprint density at radius 3 is 2.15 bits per heavy atom. The first kappa shape index (κ1) is 16.4. The fourth-order valence-corrected chi connectivity index (χ4v) is 5.20. The van der Waals surface area contributed by atoms with E-state index in [1.54, 1.807) is 30.3 Å². The van der Waals surface area contributed by atoms with Crippen LogP contribution in [0.4, 0.5) is 0 Å². The van der Waals surface area contributed by atoms with Crippen molar-refractivity contribution in [3.8, 4) is 0 Å². The topological polar surface area (TPSA) is 80.8 Å². The number of allylic oxidation sites excluding steroid dienone is 2. The maximum Gasteiger partial charge on any atom is 0.326 e. The SMILES string of the molecule is O=C(CN1C(=O)[C@@H]2[C@@H]3C=C[C@H]([C@@H]4C[C@H]34)[C@@H]2C1=O)OCC(=O)c1ccccc1. The predicted octanol–water partition coefficient (Wildman–Crippen LogP) is 1.47. The smallest absolute Gasteiger partial charge is 0.326 e. The second-order valence-electron chi connectivity index (χ2n) is 7.87. The van der Waals surface area contributed by atoms with E-state index in [9.17, 15) is 19.2 Å². The molecule has 27 heavy (non-hydrogen) atoms. The molecular formula is C21H19NO5. The molecule has 1 aromatic carbocycles. The summed E-state index contributed by atoms with van der Waals surface area (Å²) >= 11 is 0. The highest BCUT2D eigenvalue weighted by molar-refractivity contribution is 6.08. The van der Waals surface area contributed by atoms with Gasteiger partial charge in [0.1, 0.15) is 6.54 Å². The predicted molar refractivity (Wildman–Crippen MR) is 93.1 cm³/mol. The van der Waals surface area contributed by atoms with Crippen LogP contribution in [0.2, 0.25) is 0 Å². The molecule has 2 amide bonds. The Bertz CT molecular complexity index is 840. The molecule has 1 aromatic rings. The number of rotatable bonds is 5. The normalized spacial score (nSPS) is 35.0. The van der Waals surface area contributed by atoms with Crippen molar-refractivity contribution in [1.82, 2.24) is 4.90 Å². The lowest BCUT2D eigenvalue weighted by Gasteiger charge is -2.37. The molecule has 0 aromatic heterocycles. The van der Waals surface area contributed by atoms with Crippen molar-refractivity contribution in [1.29, 1.82) is 0 Å². The van der Waals surface area contributed by atoms with Crippen molar-refractivity contribution >= 4 is 23.6 Å². The first-order chi connectivity index (χ1) is 13.1. The average molecular weight is 365 g/mol. The molecule has 6 rings (SSSR count). The maximum atomic E-state index is 12.8. The van der Waals surface area contributed by atoms with Crippen molar-refractivity contribution in [3.05, 3.63) is 48.0 Å². The van der Waals surface area contributed by atoms with Gasteiger partial charge in [0.05, 0.1) is 11.8 Å². The van der Waals surface area contributed by atoms with Gasteiger partial charge in [-0.2, -0.15) is 0 Å². The van der Waals surface area contributed by atoms with Crippen LogP contribution in [0.15, 0.2) is 42.5 Å². The Kier molecular flexibility index (Phi) is 3.57. The van der Waals surface area contributed by atoms with Crippen LogP contribution in [0.5, 0.6) is 0 Å². The largest absolute Gasteiger partial charge is 0.456 e. The minimum absolute atomic E-state index is 0.127. The summed E-state index contributed by atoms with van der Waals surface area (Å²) in [5.74, 6) is -0.928. The Hall–Kier alpha value is -2.76. The number of ether oxygens (including phenoxy) is 1. The number of imide groups is 1. The Morgan fingerprint density at radius 2 is 1.56 bits per heavy atom. The third-order valence-electron chi connectivity index (χ3n) is 6.50. The minimum atomic E-state index is -0.731. The van der Waals surface area contributed by atoms with E-state index in [1.165, 1.54) is 0 Å². The summed E-state index contributed by atoms with van der Waals surface area (Å²) in [6.45, 7) is -0.815. The van der Waals surface area contributed by atoms with E-state index >= 15 is 0 Å². The van der Waals surface area contributed by atoms with Gasteiger partial charge in [0.15, 0.2) is 12.4 Å². The van der Waals surface area contributed by atoms with E-state index in [-0.39, 0.29) is 41.3 Å². The lowest BCUT2D eigenvalue weighted by Crippen LogP contribution is -2.40. The zero-order chi connectivity index (χ0) is 18.7. The second-order valence-corrected chi connectivity index (χ2v) is 7.87. The van der Waals surface area contributed by atoms with Crippen LogP contribution in [0.1, 0.15) is 16.8 Å². The third kappa shape index (κ3) is 2.46. The molecule has 6 atom stereocenters. The van der Waals surface area contributed by atoms with Crippen molar-refractivity contribution in [2.45, 2.75) is 6.42 Å². The third-order valence-corrected chi connectivity index (χ3v) is 6.50. The van der Waals surface area contributed by atoms with Crippen LogP contribution in [-0.4, -0.2) is 41.6 Å². The van der Waals surface area contributed by atoms with Crippen molar-refractivity contribution < 1.29 is 23.9 Å². The number of nitrogens with zero attached hydrogens (tertiary/aromatic N) is 1. The summed E-state index contributed by atoms with van der Waals surface area (Å²) < 4.78 is 5.02. The quantitative estimate of drug-likeness (QED) is 0.342. The summed E-state index contributed by atoms with van der Waals surface area (Å²) in [6.07, 6.45) is 5.27. The van der Waals surface area contributed by atoms with E-state index in [1.807, 2.05) is 0 Å². The summed E-state index contributed by atoms with van der Waals surface area (Å²) in [5.41, 5.74) is 0.450. The van der Waals surface area contributed by atoms with Gasteiger partial charge in [-0.1, -0.05) is 42.5 Å². The Labute approximate surface area is 156 Å². The summed E-state index contributed by atoms with van der Waals surface area (Å²) in [4.78, 5) is 50.8. The van der Waals surface area contributed by atoms with Gasteiger partial charge >= 0.3 is 5.97 Å². The average Bonchev–Trinajstić information content (AvgIpc) is 3.48. The monoisotopic (exact) mass is 365 g/mol. The van der Waals surface area contributed by atoms with E-state index in [4.69, 9.17) is 4.74 Å². The molecule has 1 aliphatic heterocycles. The number of amides is 2. The van der Waals surface area contributed by atoms with Gasteiger partial charge in [-0.15, -0.1) is 0 Å². The van der Waals surface area contributed by atoms with Crippen LogP contribution in [0.25, 0.3) is 0 Å². The minimum Gasteiger partial charge on any atom is -0.456 e. The fourth-order valence-electron chi connectivity index (χ4n) is 5.20. The highest BCUT2D eigenvalue weighted by atomic mass is 16.5. The van der Waals surface area contributed by atoms with E-state index < -0.39 is 19.1 Å². The van der Waals surface area contributed by atoms with Crippen molar-refractivity contribution in [2.24, 2.45) is 35.5 Å². The number of ketones is 1. The van der Waals surface area contributed by atoms with Gasteiger partial charge in [-0.25, -0.2) is 0 Å². The molecule has 1 heterocycles. The molecule has 5 aliphatic rings. The van der Waals surface area contributed by atoms with Gasteiger partial charge in [0.25, 0.3) is 0 Å². The lowest BCUT2D eigenvalue weighted by atomic mass is 9.63. The molecule has 6 nitrogen and oxygen atoms in total. The standard InChI is InChI=1S/C21H19NO5/c23-16(11-4-2-1-3-5-11)10-27-17(24)9-22-20(25)18-12-6-7-13(15-8-14(12)15)19(18)21(22)26/h1-7,12-15,18-19H,8-10H2/t12-,13-,14-,15+,18-,19+/m1/s1. The highest BCUT2D eigenvalue weighted by Gasteiger charge is 2.67. The number of carbonyl (C=O) groups excluding carboxylic acids is 4. The lowest BCUT2D eigenvalue weighted by molar-refractivity contribution is -0.152. The molecule has 3 fully saturated rings. The van der Waals surface area contributed by atoms with Crippen LogP contribution in [-0.2, 0) is 19.1 Å². The number of hydrogen-bond donors (Lipinski definition) is 0. The summed E-state index contributed by atoms with van der Waals surface area (Å²) in [7, 11) is 0. The van der Waals surface area contributed by atoms with Gasteiger partial charge in [0.2, 0.25) is 11.8 Å². The molecule has 2 bridgehead atoms. The maximum absolute atomic E-state index is 12.8. The Morgan fingerprint density at radius 1 is 0.963 bits per heavy atom. The Balaban J connectivity index is 1.23. The van der Waals surface area contributed by atoms with Gasteiger partial charge in [-0.3, -0.25) is 24.1 Å². The molecule has 138 valence electrons. The first-order valence-corrected chi connectivity index (χ1v) is 9.33. The zero-order valence-electron chi connectivity index (χ0n) is 14.6. The molecular weight excluding hydrogens is 346 g/mol. The highest BCUT2D eigenvalue weighted by Crippen LogP contribution is 2.65. The number of carbonyl (C=O) groups is 4. The van der Waals surface area contributed by atoms with Gasteiger partial charge < -0.3 is 4.74 Å². The van der Waals surface area contributed by atoms with E-state index in [0.29, 0.717) is 17.4 Å². The van der Waals surface area contributed by atoms with Crippen LogP contribution >= 0.6 is 0 Å². The van der Waals surface area contributed by atoms with E-state index in [2.05, 4.69) is 12.2 Å².